The normalized spacial score (nSPS) is 15.4. The van der Waals surface area contributed by atoms with Crippen LogP contribution in [0.5, 0.6) is 0 Å². The Morgan fingerprint density at radius 3 is 2.26 bits per heavy atom. The van der Waals surface area contributed by atoms with Crippen LogP contribution >= 0.6 is 0 Å². The molecule has 0 bridgehead atoms. The summed E-state index contributed by atoms with van der Waals surface area (Å²) in [5.41, 5.74) is 5.64. The van der Waals surface area contributed by atoms with Crippen LogP contribution in [0.1, 0.15) is 30.5 Å². The Hall–Kier alpha value is -1.37. The number of fused-ring (bicyclic) bond motifs is 1. The Kier molecular flexibility index (Phi) is 3.66. The van der Waals surface area contributed by atoms with Crippen molar-refractivity contribution >= 4 is 11.4 Å². The summed E-state index contributed by atoms with van der Waals surface area (Å²) >= 11 is 0. The fourth-order valence-electron chi connectivity index (χ4n) is 2.64. The molecule has 1 nitrogen and oxygen atoms in total. The van der Waals surface area contributed by atoms with Gasteiger partial charge in [0.05, 0.1) is 5.69 Å². The van der Waals surface area contributed by atoms with Gasteiger partial charge in [0.15, 0.2) is 0 Å². The van der Waals surface area contributed by atoms with Crippen LogP contribution in [0.15, 0.2) is 53.5 Å². The Bertz CT molecular complexity index is 641. The smallest absolute Gasteiger partial charge is 0.0661 e. The maximum Gasteiger partial charge on any atom is 0.0661 e. The molecule has 19 heavy (non-hydrogen) atoms. The summed E-state index contributed by atoms with van der Waals surface area (Å²) in [4.78, 5) is 4.81. The van der Waals surface area contributed by atoms with E-state index in [2.05, 4.69) is 45.0 Å². The van der Waals surface area contributed by atoms with Crippen LogP contribution < -0.4 is 0 Å². The van der Waals surface area contributed by atoms with E-state index in [4.69, 9.17) is 4.99 Å². The zero-order chi connectivity index (χ0) is 12.8. The molecule has 0 saturated carbocycles. The van der Waals surface area contributed by atoms with Gasteiger partial charge < -0.3 is 0 Å². The van der Waals surface area contributed by atoms with E-state index in [1.807, 2.05) is 24.3 Å². The van der Waals surface area contributed by atoms with Crippen molar-refractivity contribution in [2.24, 2.45) is 4.99 Å². The molecule has 2 heteroatoms. The van der Waals surface area contributed by atoms with Gasteiger partial charge >= 0.3 is 0 Å². The molecule has 0 atom stereocenters. The van der Waals surface area contributed by atoms with Crippen LogP contribution in [0.2, 0.25) is 0 Å². The van der Waals surface area contributed by atoms with Gasteiger partial charge in [0.2, 0.25) is 0 Å². The van der Waals surface area contributed by atoms with E-state index in [1.165, 1.54) is 5.56 Å². The van der Waals surface area contributed by atoms with Crippen molar-refractivity contribution in [2.45, 2.75) is 19.3 Å². The fourth-order valence-corrected chi connectivity index (χ4v) is 2.64. The van der Waals surface area contributed by atoms with Crippen molar-refractivity contribution in [1.29, 1.82) is 0 Å². The molecule has 0 fully saturated rings. The van der Waals surface area contributed by atoms with Gasteiger partial charge in [-0.3, -0.25) is 4.99 Å². The molecule has 3 rings (SSSR count). The molecule has 1 aliphatic heterocycles. The molecule has 0 unspecified atom stereocenters. The molecule has 1 radical (unpaired) electrons. The molecule has 1 aliphatic rings. The van der Waals surface area contributed by atoms with Crippen molar-refractivity contribution in [3.8, 4) is 0 Å². The Morgan fingerprint density at radius 2 is 1.58 bits per heavy atom. The first-order chi connectivity index (χ1) is 8.60. The van der Waals surface area contributed by atoms with Crippen LogP contribution in [-0.2, 0) is 25.5 Å². The molecular formula is C17H16IrN-. The molecule has 0 spiro atoms. The molecule has 0 aliphatic carbocycles. The number of rotatable bonds is 1. The standard InChI is InChI=1S/C17H16N.Ir/c1-12-8-4-5-9-13(12)16-17(2,3)14-10-6-7-11-15(14)18-16;/h4-11H,1H2,2-3H3;/q-1;. The first-order valence-electron chi connectivity index (χ1n) is 6.21. The average molecular weight is 427 g/mol. The number of para-hydroxylation sites is 1. The van der Waals surface area contributed by atoms with Gasteiger partial charge in [-0.05, 0) is 11.6 Å². The first-order valence-corrected chi connectivity index (χ1v) is 6.21. The summed E-state index contributed by atoms with van der Waals surface area (Å²) in [6.07, 6.45) is 0. The zero-order valence-electron chi connectivity index (χ0n) is 11.1. The average Bonchev–Trinajstić information content (AvgIpc) is 2.63. The molecular weight excluding hydrogens is 410 g/mol. The molecule has 2 aromatic rings. The summed E-state index contributed by atoms with van der Waals surface area (Å²) in [6, 6.07) is 16.6. The van der Waals surface area contributed by atoms with Gasteiger partial charge in [-0.15, -0.1) is 17.7 Å². The molecule has 0 saturated heterocycles. The van der Waals surface area contributed by atoms with E-state index in [-0.39, 0.29) is 25.5 Å². The maximum atomic E-state index is 4.81. The number of hydrogen-bond acceptors (Lipinski definition) is 1. The SMILES string of the molecule is [CH2-]c1ccccc1C1=Nc2ccccc2C1(C)C.[Ir]. The van der Waals surface area contributed by atoms with E-state index in [0.717, 1.165) is 22.5 Å². The molecule has 0 aromatic heterocycles. The van der Waals surface area contributed by atoms with Crippen molar-refractivity contribution in [3.63, 3.8) is 0 Å². The summed E-state index contributed by atoms with van der Waals surface area (Å²) in [5, 5.41) is 0. The second kappa shape index (κ2) is 4.96. The minimum absolute atomic E-state index is 0. The number of nitrogens with zero attached hydrogens (tertiary/aromatic N) is 1. The van der Waals surface area contributed by atoms with Crippen LogP contribution in [0, 0.1) is 6.92 Å². The maximum absolute atomic E-state index is 4.81. The largest absolute Gasteiger partial charge is 0.265 e. The predicted molar refractivity (Wildman–Crippen MR) is 76.6 cm³/mol. The second-order valence-electron chi connectivity index (χ2n) is 5.26. The first kappa shape index (κ1) is 14.0. The van der Waals surface area contributed by atoms with Gasteiger partial charge in [0.1, 0.15) is 0 Å². The number of aliphatic imine (C=N–C) groups is 1. The Labute approximate surface area is 128 Å². The van der Waals surface area contributed by atoms with Crippen LogP contribution in [-0.4, -0.2) is 5.71 Å². The van der Waals surface area contributed by atoms with Crippen molar-refractivity contribution < 1.29 is 20.1 Å². The minimum atomic E-state index is -0.0512. The third kappa shape index (κ3) is 2.16. The van der Waals surface area contributed by atoms with Crippen molar-refractivity contribution in [2.75, 3.05) is 0 Å². The van der Waals surface area contributed by atoms with Gasteiger partial charge in [0.25, 0.3) is 0 Å². The summed E-state index contributed by atoms with van der Waals surface area (Å²) < 4.78 is 0. The van der Waals surface area contributed by atoms with Gasteiger partial charge in [0, 0.05) is 31.2 Å². The van der Waals surface area contributed by atoms with Gasteiger partial charge in [-0.1, -0.05) is 38.1 Å². The fraction of sp³-hybridized carbons (Fsp3) is 0.176. The quantitative estimate of drug-likeness (QED) is 0.604. The summed E-state index contributed by atoms with van der Waals surface area (Å²) in [7, 11) is 0. The topological polar surface area (TPSA) is 12.4 Å². The Balaban J connectivity index is 0.00000133. The van der Waals surface area contributed by atoms with E-state index in [1.54, 1.807) is 0 Å². The van der Waals surface area contributed by atoms with E-state index < -0.39 is 0 Å². The second-order valence-corrected chi connectivity index (χ2v) is 5.26. The third-order valence-corrected chi connectivity index (χ3v) is 3.67. The molecule has 2 aromatic carbocycles. The molecule has 0 amide bonds. The molecule has 1 heterocycles. The zero-order valence-corrected chi connectivity index (χ0v) is 13.5. The van der Waals surface area contributed by atoms with E-state index in [0.29, 0.717) is 0 Å². The van der Waals surface area contributed by atoms with Crippen molar-refractivity contribution in [3.05, 3.63) is 72.1 Å². The monoisotopic (exact) mass is 427 g/mol. The summed E-state index contributed by atoms with van der Waals surface area (Å²) in [6.45, 7) is 8.57. The van der Waals surface area contributed by atoms with Gasteiger partial charge in [-0.2, -0.15) is 18.6 Å². The Morgan fingerprint density at radius 1 is 0.947 bits per heavy atom. The van der Waals surface area contributed by atoms with E-state index in [9.17, 15) is 0 Å². The van der Waals surface area contributed by atoms with Crippen molar-refractivity contribution in [1.82, 2.24) is 0 Å². The summed E-state index contributed by atoms with van der Waals surface area (Å²) in [5.74, 6) is 0. The number of hydrogen-bond donors (Lipinski definition) is 0. The van der Waals surface area contributed by atoms with Crippen LogP contribution in [0.25, 0.3) is 0 Å². The molecule has 99 valence electrons. The predicted octanol–water partition coefficient (Wildman–Crippen LogP) is 4.28. The minimum Gasteiger partial charge on any atom is -0.265 e. The van der Waals surface area contributed by atoms with Crippen LogP contribution in [0.4, 0.5) is 5.69 Å². The van der Waals surface area contributed by atoms with Gasteiger partial charge in [-0.25, -0.2) is 0 Å². The third-order valence-electron chi connectivity index (χ3n) is 3.67. The van der Waals surface area contributed by atoms with Crippen LogP contribution in [0.3, 0.4) is 0 Å². The van der Waals surface area contributed by atoms with E-state index >= 15 is 0 Å². The number of benzene rings is 2. The molecule has 0 N–H and O–H groups in total.